The summed E-state index contributed by atoms with van der Waals surface area (Å²) in [7, 11) is 0. The number of carbonyl (C=O) groups excluding carboxylic acids is 1. The van der Waals surface area contributed by atoms with Crippen molar-refractivity contribution in [3.63, 3.8) is 0 Å². The van der Waals surface area contributed by atoms with Crippen LogP contribution in [0.1, 0.15) is 43.5 Å². The van der Waals surface area contributed by atoms with Crippen molar-refractivity contribution >= 4 is 11.6 Å². The molecule has 1 aromatic rings. The minimum atomic E-state index is -0.995. The number of carbonyl (C=O) groups is 1. The van der Waals surface area contributed by atoms with Gasteiger partial charge < -0.3 is 10.1 Å². The molecule has 0 aliphatic rings. The van der Waals surface area contributed by atoms with E-state index >= 15 is 0 Å². The van der Waals surface area contributed by atoms with E-state index in [1.54, 1.807) is 0 Å². The van der Waals surface area contributed by atoms with Gasteiger partial charge in [-0.3, -0.25) is 14.9 Å². The number of terminal acetylenes is 1. The number of benzene rings is 1. The number of hydrogen-bond donors (Lipinski definition) is 1. The van der Waals surface area contributed by atoms with Gasteiger partial charge in [-0.1, -0.05) is 32.6 Å². The van der Waals surface area contributed by atoms with E-state index in [-0.39, 0.29) is 12.2 Å². The Labute approximate surface area is 140 Å². The molecule has 0 aromatic heterocycles. The van der Waals surface area contributed by atoms with Gasteiger partial charge in [-0.2, -0.15) is 0 Å². The number of nitro benzene ring substituents is 1. The number of nitro groups is 1. The highest BCUT2D eigenvalue weighted by atomic mass is 19.1. The first-order valence-electron chi connectivity index (χ1n) is 7.76. The molecule has 1 amide bonds. The Kier molecular flexibility index (Phi) is 7.69. The third kappa shape index (κ3) is 5.23. The fourth-order valence-electron chi connectivity index (χ4n) is 2.30. The predicted octanol–water partition coefficient (Wildman–Crippen LogP) is 3.30. The van der Waals surface area contributed by atoms with Crippen molar-refractivity contribution in [2.75, 3.05) is 13.2 Å². The molecule has 1 unspecified atom stereocenters. The van der Waals surface area contributed by atoms with Crippen molar-refractivity contribution < 1.29 is 18.8 Å². The molecule has 0 aliphatic carbocycles. The number of nitrogens with zero attached hydrogens (tertiary/aromatic N) is 1. The fourth-order valence-corrected chi connectivity index (χ4v) is 2.30. The third-order valence-electron chi connectivity index (χ3n) is 3.61. The quantitative estimate of drug-likeness (QED) is 0.426. The van der Waals surface area contributed by atoms with Gasteiger partial charge in [0.15, 0.2) is 5.82 Å². The molecule has 0 saturated carbocycles. The summed E-state index contributed by atoms with van der Waals surface area (Å²) in [5.74, 6) is 0.306. The summed E-state index contributed by atoms with van der Waals surface area (Å²) in [5.41, 5.74) is -0.755. The standard InChI is InChI=1S/C17H21FN2O4/c1-4-7-12(6-3)11-19-17(21)13-9-14(18)16(24-8-5-2)15(10-13)20(22)23/h2,9-10,12H,4,6-8,11H2,1,3H3,(H,19,21). The van der Waals surface area contributed by atoms with Gasteiger partial charge in [-0.25, -0.2) is 4.39 Å². The average molecular weight is 336 g/mol. The van der Waals surface area contributed by atoms with Crippen LogP contribution in [0.5, 0.6) is 5.75 Å². The van der Waals surface area contributed by atoms with Crippen molar-refractivity contribution in [2.24, 2.45) is 5.92 Å². The summed E-state index contributed by atoms with van der Waals surface area (Å²) in [5, 5.41) is 13.8. The maximum absolute atomic E-state index is 14.1. The molecule has 130 valence electrons. The smallest absolute Gasteiger partial charge is 0.314 e. The zero-order chi connectivity index (χ0) is 18.1. The molecular weight excluding hydrogens is 315 g/mol. The molecule has 0 heterocycles. The van der Waals surface area contributed by atoms with Gasteiger partial charge in [0.25, 0.3) is 5.91 Å². The summed E-state index contributed by atoms with van der Waals surface area (Å²) < 4.78 is 18.9. The molecule has 1 atom stereocenters. The van der Waals surface area contributed by atoms with E-state index in [2.05, 4.69) is 18.2 Å². The summed E-state index contributed by atoms with van der Waals surface area (Å²) in [6.07, 6.45) is 7.87. The molecular formula is C17H21FN2O4. The molecule has 1 aromatic carbocycles. The molecule has 0 fully saturated rings. The summed E-state index contributed by atoms with van der Waals surface area (Å²) in [4.78, 5) is 22.4. The Morgan fingerprint density at radius 2 is 2.21 bits per heavy atom. The van der Waals surface area contributed by atoms with Crippen LogP contribution in [0.15, 0.2) is 12.1 Å². The second-order valence-corrected chi connectivity index (χ2v) is 5.33. The van der Waals surface area contributed by atoms with Crippen LogP contribution in [-0.4, -0.2) is 24.0 Å². The first kappa shape index (κ1) is 19.4. The number of halogens is 1. The molecule has 1 N–H and O–H groups in total. The second kappa shape index (κ2) is 9.50. The number of rotatable bonds is 9. The van der Waals surface area contributed by atoms with Crippen molar-refractivity contribution in [3.05, 3.63) is 33.6 Å². The number of nitrogens with one attached hydrogen (secondary N) is 1. The second-order valence-electron chi connectivity index (χ2n) is 5.33. The normalized spacial score (nSPS) is 11.4. The molecule has 0 saturated heterocycles. The van der Waals surface area contributed by atoms with E-state index in [0.29, 0.717) is 12.5 Å². The van der Waals surface area contributed by atoms with E-state index in [1.807, 2.05) is 6.92 Å². The van der Waals surface area contributed by atoms with Crippen LogP contribution >= 0.6 is 0 Å². The van der Waals surface area contributed by atoms with Gasteiger partial charge in [0.1, 0.15) is 6.61 Å². The molecule has 24 heavy (non-hydrogen) atoms. The topological polar surface area (TPSA) is 81.5 Å². The molecule has 7 heteroatoms. The van der Waals surface area contributed by atoms with Crippen LogP contribution in [0.4, 0.5) is 10.1 Å². The van der Waals surface area contributed by atoms with E-state index < -0.39 is 28.1 Å². The maximum Gasteiger partial charge on any atom is 0.314 e. The van der Waals surface area contributed by atoms with Crippen molar-refractivity contribution in [1.82, 2.24) is 5.32 Å². The summed E-state index contributed by atoms with van der Waals surface area (Å²) >= 11 is 0. The van der Waals surface area contributed by atoms with Gasteiger partial charge in [0, 0.05) is 18.2 Å². The first-order chi connectivity index (χ1) is 11.4. The minimum Gasteiger partial charge on any atom is -0.472 e. The minimum absolute atomic E-state index is 0.126. The number of amides is 1. The number of ether oxygens (including phenoxy) is 1. The zero-order valence-corrected chi connectivity index (χ0v) is 13.8. The van der Waals surface area contributed by atoms with Crippen LogP contribution < -0.4 is 10.1 Å². The van der Waals surface area contributed by atoms with Crippen molar-refractivity contribution in [1.29, 1.82) is 0 Å². The summed E-state index contributed by atoms with van der Waals surface area (Å²) in [6.45, 7) is 4.21. The lowest BCUT2D eigenvalue weighted by Crippen LogP contribution is -2.29. The Balaban J connectivity index is 2.97. The van der Waals surface area contributed by atoms with E-state index in [4.69, 9.17) is 11.2 Å². The lowest BCUT2D eigenvalue weighted by molar-refractivity contribution is -0.386. The summed E-state index contributed by atoms with van der Waals surface area (Å²) in [6, 6.07) is 1.90. The Hall–Kier alpha value is -2.62. The lowest BCUT2D eigenvalue weighted by Gasteiger charge is -2.15. The molecule has 6 nitrogen and oxygen atoms in total. The van der Waals surface area contributed by atoms with E-state index in [9.17, 15) is 19.3 Å². The highest BCUT2D eigenvalue weighted by Gasteiger charge is 2.24. The Morgan fingerprint density at radius 3 is 2.75 bits per heavy atom. The van der Waals surface area contributed by atoms with Crippen LogP contribution in [0.25, 0.3) is 0 Å². The average Bonchev–Trinajstić information content (AvgIpc) is 2.56. The van der Waals surface area contributed by atoms with Crippen molar-refractivity contribution in [2.45, 2.75) is 33.1 Å². The lowest BCUT2D eigenvalue weighted by atomic mass is 10.0. The highest BCUT2D eigenvalue weighted by molar-refractivity contribution is 5.95. The van der Waals surface area contributed by atoms with Gasteiger partial charge in [-0.05, 0) is 18.4 Å². The highest BCUT2D eigenvalue weighted by Crippen LogP contribution is 2.31. The largest absolute Gasteiger partial charge is 0.472 e. The van der Waals surface area contributed by atoms with Gasteiger partial charge >= 0.3 is 5.69 Å². The Morgan fingerprint density at radius 1 is 1.50 bits per heavy atom. The third-order valence-corrected chi connectivity index (χ3v) is 3.61. The molecule has 0 bridgehead atoms. The maximum atomic E-state index is 14.1. The van der Waals surface area contributed by atoms with Gasteiger partial charge in [0.05, 0.1) is 4.92 Å². The molecule has 0 aliphatic heterocycles. The fraction of sp³-hybridized carbons (Fsp3) is 0.471. The zero-order valence-electron chi connectivity index (χ0n) is 13.8. The molecule has 1 rings (SSSR count). The van der Waals surface area contributed by atoms with Crippen LogP contribution in [0.2, 0.25) is 0 Å². The van der Waals surface area contributed by atoms with Crippen LogP contribution in [-0.2, 0) is 0 Å². The SMILES string of the molecule is C#CCOc1c(F)cc(C(=O)NCC(CC)CCC)cc1[N+](=O)[O-]. The Bertz CT molecular complexity index is 640. The van der Waals surface area contributed by atoms with Gasteiger partial charge in [0.2, 0.25) is 5.75 Å². The van der Waals surface area contributed by atoms with Gasteiger partial charge in [-0.15, -0.1) is 6.42 Å². The van der Waals surface area contributed by atoms with E-state index in [1.165, 1.54) is 0 Å². The predicted molar refractivity (Wildman–Crippen MR) is 88.4 cm³/mol. The van der Waals surface area contributed by atoms with Crippen molar-refractivity contribution in [3.8, 4) is 18.1 Å². The van der Waals surface area contributed by atoms with Crippen LogP contribution in [0, 0.1) is 34.2 Å². The monoisotopic (exact) mass is 336 g/mol. The first-order valence-corrected chi connectivity index (χ1v) is 7.76. The molecule has 0 radical (unpaired) electrons. The van der Waals surface area contributed by atoms with E-state index in [0.717, 1.165) is 31.4 Å². The number of hydrogen-bond acceptors (Lipinski definition) is 4. The van der Waals surface area contributed by atoms with Crippen LogP contribution in [0.3, 0.4) is 0 Å². The molecule has 0 spiro atoms.